The molecule has 0 aliphatic carbocycles. The summed E-state index contributed by atoms with van der Waals surface area (Å²) < 4.78 is 23.9. The number of halogens is 1. The van der Waals surface area contributed by atoms with Gasteiger partial charge in [-0.2, -0.15) is 0 Å². The second kappa shape index (κ2) is 6.82. The second-order valence-corrected chi connectivity index (χ2v) is 6.07. The number of thiazole rings is 1. The Labute approximate surface area is 146 Å². The Hall–Kier alpha value is -3.06. The molecule has 0 fully saturated rings. The summed E-state index contributed by atoms with van der Waals surface area (Å²) in [5, 5.41) is 10.3. The predicted octanol–water partition coefficient (Wildman–Crippen LogP) is 4.58. The first-order valence-electron chi connectivity index (χ1n) is 7.48. The molecule has 0 spiro atoms. The van der Waals surface area contributed by atoms with E-state index >= 15 is 0 Å². The number of hydrogen-bond donors (Lipinski definition) is 0. The Morgan fingerprint density at radius 1 is 1.00 bits per heavy atom. The molecule has 0 aliphatic rings. The van der Waals surface area contributed by atoms with Gasteiger partial charge >= 0.3 is 0 Å². The van der Waals surface area contributed by atoms with Crippen molar-refractivity contribution in [2.45, 2.75) is 6.61 Å². The van der Waals surface area contributed by atoms with Gasteiger partial charge < -0.3 is 9.15 Å². The Morgan fingerprint density at radius 3 is 2.48 bits per heavy atom. The second-order valence-electron chi connectivity index (χ2n) is 5.21. The van der Waals surface area contributed by atoms with Crippen molar-refractivity contribution in [2.24, 2.45) is 0 Å². The van der Waals surface area contributed by atoms with Crippen LogP contribution in [0.5, 0.6) is 5.75 Å². The molecule has 124 valence electrons. The minimum atomic E-state index is -0.257. The highest BCUT2D eigenvalue weighted by atomic mass is 32.1. The van der Waals surface area contributed by atoms with Gasteiger partial charge in [-0.25, -0.2) is 9.37 Å². The molecule has 4 rings (SSSR count). The third kappa shape index (κ3) is 3.56. The first-order chi connectivity index (χ1) is 12.3. The minimum Gasteiger partial charge on any atom is -0.487 e. The fraction of sp³-hybridized carbons (Fsp3) is 0.0556. The molecule has 0 amide bonds. The summed E-state index contributed by atoms with van der Waals surface area (Å²) in [7, 11) is 0. The molecule has 0 atom stereocenters. The van der Waals surface area contributed by atoms with Crippen LogP contribution in [0.15, 0.2) is 64.7 Å². The van der Waals surface area contributed by atoms with Crippen molar-refractivity contribution in [3.05, 3.63) is 71.8 Å². The molecule has 25 heavy (non-hydrogen) atoms. The van der Waals surface area contributed by atoms with Gasteiger partial charge in [-0.05, 0) is 48.5 Å². The van der Waals surface area contributed by atoms with Crippen LogP contribution in [0.3, 0.4) is 0 Å². The van der Waals surface area contributed by atoms with E-state index in [1.165, 1.54) is 29.9 Å². The van der Waals surface area contributed by atoms with Crippen molar-refractivity contribution >= 4 is 11.3 Å². The van der Waals surface area contributed by atoms with Crippen LogP contribution in [0, 0.1) is 5.82 Å². The fourth-order valence-corrected chi connectivity index (χ4v) is 3.06. The normalized spacial score (nSPS) is 10.8. The highest BCUT2D eigenvalue weighted by Gasteiger charge is 2.07. The lowest BCUT2D eigenvalue weighted by Crippen LogP contribution is -1.95. The quantitative estimate of drug-likeness (QED) is 0.526. The number of aromatic nitrogens is 3. The van der Waals surface area contributed by atoms with E-state index in [1.54, 1.807) is 12.1 Å². The third-order valence-electron chi connectivity index (χ3n) is 3.49. The van der Waals surface area contributed by atoms with Gasteiger partial charge in [0.2, 0.25) is 12.3 Å². The summed E-state index contributed by atoms with van der Waals surface area (Å²) in [6.07, 6.45) is 1.29. The van der Waals surface area contributed by atoms with Crippen LogP contribution in [0.2, 0.25) is 0 Å². The smallest absolute Gasteiger partial charge is 0.247 e. The number of hydrogen-bond acceptors (Lipinski definition) is 6. The van der Waals surface area contributed by atoms with Gasteiger partial charge in [0.1, 0.15) is 23.2 Å². The van der Waals surface area contributed by atoms with E-state index in [4.69, 9.17) is 9.15 Å². The van der Waals surface area contributed by atoms with Gasteiger partial charge in [0, 0.05) is 16.5 Å². The molecular formula is C18H12FN3O2S. The van der Waals surface area contributed by atoms with Crippen molar-refractivity contribution < 1.29 is 13.5 Å². The van der Waals surface area contributed by atoms with Crippen molar-refractivity contribution in [3.8, 4) is 27.8 Å². The monoisotopic (exact) mass is 353 g/mol. The first kappa shape index (κ1) is 15.5. The van der Waals surface area contributed by atoms with Gasteiger partial charge in [0.15, 0.2) is 0 Å². The van der Waals surface area contributed by atoms with Gasteiger partial charge in [-0.3, -0.25) is 0 Å². The molecule has 4 aromatic rings. The van der Waals surface area contributed by atoms with Crippen LogP contribution >= 0.6 is 11.3 Å². The average molecular weight is 353 g/mol. The Morgan fingerprint density at radius 2 is 1.76 bits per heavy atom. The molecule has 0 bridgehead atoms. The Balaban J connectivity index is 1.41. The topological polar surface area (TPSA) is 61.0 Å². The highest BCUT2D eigenvalue weighted by molar-refractivity contribution is 7.13. The van der Waals surface area contributed by atoms with E-state index in [9.17, 15) is 4.39 Å². The van der Waals surface area contributed by atoms with Crippen molar-refractivity contribution in [3.63, 3.8) is 0 Å². The third-order valence-corrected chi connectivity index (χ3v) is 4.43. The van der Waals surface area contributed by atoms with E-state index in [0.29, 0.717) is 12.5 Å². The van der Waals surface area contributed by atoms with Crippen LogP contribution in [0.4, 0.5) is 4.39 Å². The SMILES string of the molecule is Fc1ccc(-c2nc(COc3ccc(-c4nnco4)cc3)cs2)cc1. The zero-order valence-electron chi connectivity index (χ0n) is 12.9. The molecule has 5 nitrogen and oxygen atoms in total. The fourth-order valence-electron chi connectivity index (χ4n) is 2.25. The number of benzene rings is 2. The summed E-state index contributed by atoms with van der Waals surface area (Å²) in [5.41, 5.74) is 2.55. The van der Waals surface area contributed by atoms with Crippen molar-refractivity contribution in [1.82, 2.24) is 15.2 Å². The number of ether oxygens (including phenoxy) is 1. The summed E-state index contributed by atoms with van der Waals surface area (Å²) >= 11 is 1.50. The molecule has 0 N–H and O–H groups in total. The Kier molecular flexibility index (Phi) is 4.22. The van der Waals surface area contributed by atoms with E-state index in [0.717, 1.165) is 27.6 Å². The maximum Gasteiger partial charge on any atom is 0.247 e. The van der Waals surface area contributed by atoms with Gasteiger partial charge in [-0.1, -0.05) is 0 Å². The average Bonchev–Trinajstić information content (AvgIpc) is 3.33. The zero-order valence-corrected chi connectivity index (χ0v) is 13.7. The largest absolute Gasteiger partial charge is 0.487 e. The molecule has 0 unspecified atom stereocenters. The highest BCUT2D eigenvalue weighted by Crippen LogP contribution is 2.25. The number of rotatable bonds is 5. The van der Waals surface area contributed by atoms with Crippen LogP contribution in [0.1, 0.15) is 5.69 Å². The van der Waals surface area contributed by atoms with Crippen LogP contribution in [-0.2, 0) is 6.61 Å². The first-order valence-corrected chi connectivity index (χ1v) is 8.36. The minimum absolute atomic E-state index is 0.257. The van der Waals surface area contributed by atoms with Gasteiger partial charge in [0.05, 0.1) is 5.69 Å². The molecule has 2 aromatic carbocycles. The molecule has 0 radical (unpaired) electrons. The standard InChI is InChI=1S/C18H12FN3O2S/c19-14-5-1-13(2-6-14)18-21-15(10-25-18)9-23-16-7-3-12(4-8-16)17-22-20-11-24-17/h1-8,10-11H,9H2. The van der Waals surface area contributed by atoms with E-state index in [1.807, 2.05) is 29.6 Å². The van der Waals surface area contributed by atoms with E-state index in [-0.39, 0.29) is 5.82 Å². The molecule has 2 heterocycles. The van der Waals surface area contributed by atoms with E-state index in [2.05, 4.69) is 15.2 Å². The Bertz CT molecular complexity index is 951. The zero-order chi connectivity index (χ0) is 17.1. The summed E-state index contributed by atoms with van der Waals surface area (Å²) in [5.74, 6) is 0.933. The maximum absolute atomic E-state index is 13.0. The van der Waals surface area contributed by atoms with Crippen LogP contribution in [-0.4, -0.2) is 15.2 Å². The van der Waals surface area contributed by atoms with Gasteiger partial charge in [0.25, 0.3) is 0 Å². The molecule has 0 saturated heterocycles. The van der Waals surface area contributed by atoms with Crippen LogP contribution in [0.25, 0.3) is 22.0 Å². The molecule has 0 aliphatic heterocycles. The lowest BCUT2D eigenvalue weighted by molar-refractivity contribution is 0.302. The number of nitrogens with zero attached hydrogens (tertiary/aromatic N) is 3. The summed E-state index contributed by atoms with van der Waals surface area (Å²) in [6, 6.07) is 13.7. The van der Waals surface area contributed by atoms with Crippen molar-refractivity contribution in [2.75, 3.05) is 0 Å². The lowest BCUT2D eigenvalue weighted by atomic mass is 10.2. The molecule has 0 saturated carbocycles. The maximum atomic E-state index is 13.0. The predicted molar refractivity (Wildman–Crippen MR) is 91.6 cm³/mol. The molecule has 7 heteroatoms. The summed E-state index contributed by atoms with van der Waals surface area (Å²) in [6.45, 7) is 0.359. The lowest BCUT2D eigenvalue weighted by Gasteiger charge is -2.04. The summed E-state index contributed by atoms with van der Waals surface area (Å²) in [4.78, 5) is 4.52. The molecular weight excluding hydrogens is 341 g/mol. The van der Waals surface area contributed by atoms with Crippen LogP contribution < -0.4 is 4.74 Å². The molecule has 2 aromatic heterocycles. The van der Waals surface area contributed by atoms with Gasteiger partial charge in [-0.15, -0.1) is 21.5 Å². The van der Waals surface area contributed by atoms with Crippen molar-refractivity contribution in [1.29, 1.82) is 0 Å². The van der Waals surface area contributed by atoms with E-state index < -0.39 is 0 Å².